The van der Waals surface area contributed by atoms with Crippen LogP contribution in [-0.2, 0) is 19.2 Å². The van der Waals surface area contributed by atoms with Crippen molar-refractivity contribution in [3.63, 3.8) is 0 Å². The van der Waals surface area contributed by atoms with E-state index in [4.69, 9.17) is 0 Å². The van der Waals surface area contributed by atoms with E-state index in [1.807, 2.05) is 54.6 Å². The number of halogens is 1. The fraction of sp³-hybridized carbons (Fsp3) is 0.212. The number of nitrogens with zero attached hydrogens (tertiary/aromatic N) is 1. The Morgan fingerprint density at radius 2 is 1.65 bits per heavy atom. The number of phenols is 1. The number of phenolic OH excluding ortho intramolecular Hbond substituents is 1. The van der Waals surface area contributed by atoms with E-state index in [1.165, 1.54) is 11.0 Å². The van der Waals surface area contributed by atoms with Gasteiger partial charge in [-0.2, -0.15) is 0 Å². The summed E-state index contributed by atoms with van der Waals surface area (Å²) in [6.07, 6.45) is 3.91. The number of ketones is 2. The van der Waals surface area contributed by atoms with Gasteiger partial charge in [0.05, 0.1) is 17.5 Å². The maximum absolute atomic E-state index is 14.0. The van der Waals surface area contributed by atoms with Gasteiger partial charge in [-0.25, -0.2) is 0 Å². The van der Waals surface area contributed by atoms with Crippen molar-refractivity contribution in [2.45, 2.75) is 25.7 Å². The van der Waals surface area contributed by atoms with Crippen molar-refractivity contribution in [2.24, 2.45) is 17.8 Å². The lowest BCUT2D eigenvalue weighted by Crippen LogP contribution is -2.39. The lowest BCUT2D eigenvalue weighted by Gasteiger charge is -2.42. The van der Waals surface area contributed by atoms with Crippen LogP contribution in [0.15, 0.2) is 95.1 Å². The average Bonchev–Trinajstić information content (AvgIpc) is 3.21. The number of rotatable bonds is 2. The smallest absolute Gasteiger partial charge is 0.238 e. The molecule has 0 aromatic heterocycles. The lowest BCUT2D eigenvalue weighted by molar-refractivity contribution is -0.123. The largest absolute Gasteiger partial charge is 0.507 e. The molecule has 0 radical (unpaired) electrons. The molecule has 4 atom stereocenters. The molecule has 1 N–H and O–H groups in total. The Morgan fingerprint density at radius 1 is 0.900 bits per heavy atom. The van der Waals surface area contributed by atoms with Gasteiger partial charge in [0.2, 0.25) is 11.8 Å². The molecule has 2 amide bonds. The Bertz CT molecular complexity index is 1780. The topological polar surface area (TPSA) is 91.8 Å². The summed E-state index contributed by atoms with van der Waals surface area (Å²) in [7, 11) is 0. The number of Topliss-reactive ketones (excluding diaryl/α,β-unsaturated/α-hetero) is 1. The maximum Gasteiger partial charge on any atom is 0.238 e. The number of benzene rings is 3. The molecular formula is C33H24INO5. The second kappa shape index (κ2) is 9.09. The summed E-state index contributed by atoms with van der Waals surface area (Å²) in [5.41, 5.74) is 3.01. The molecule has 6 nitrogen and oxygen atoms in total. The zero-order chi connectivity index (χ0) is 27.9. The third-order valence-corrected chi connectivity index (χ3v) is 9.61. The van der Waals surface area contributed by atoms with Gasteiger partial charge < -0.3 is 5.11 Å². The van der Waals surface area contributed by atoms with Crippen LogP contribution in [0.25, 0.3) is 10.8 Å². The van der Waals surface area contributed by atoms with Crippen molar-refractivity contribution in [3.8, 4) is 5.75 Å². The number of hydrogen-bond acceptors (Lipinski definition) is 5. The monoisotopic (exact) mass is 641 g/mol. The molecule has 0 bridgehead atoms. The first-order valence-corrected chi connectivity index (χ1v) is 14.4. The van der Waals surface area contributed by atoms with E-state index >= 15 is 0 Å². The Kier molecular flexibility index (Phi) is 5.71. The fourth-order valence-corrected chi connectivity index (χ4v) is 7.43. The number of amides is 2. The average molecular weight is 641 g/mol. The quantitative estimate of drug-likeness (QED) is 0.166. The summed E-state index contributed by atoms with van der Waals surface area (Å²) in [5.74, 6) is -3.25. The van der Waals surface area contributed by atoms with Gasteiger partial charge in [0, 0.05) is 37.2 Å². The van der Waals surface area contributed by atoms with Crippen LogP contribution in [0, 0.1) is 21.3 Å². The summed E-state index contributed by atoms with van der Waals surface area (Å²) in [6, 6.07) is 18.5. The summed E-state index contributed by atoms with van der Waals surface area (Å²) in [6.45, 7) is 1.64. The van der Waals surface area contributed by atoms with Crippen LogP contribution < -0.4 is 4.90 Å². The summed E-state index contributed by atoms with van der Waals surface area (Å²) in [4.78, 5) is 55.8. The number of hydrogen-bond donors (Lipinski definition) is 1. The second-order valence-corrected chi connectivity index (χ2v) is 12.2. The van der Waals surface area contributed by atoms with E-state index in [-0.39, 0.29) is 35.6 Å². The van der Waals surface area contributed by atoms with E-state index in [0.29, 0.717) is 39.8 Å². The van der Waals surface area contributed by atoms with Gasteiger partial charge in [0.15, 0.2) is 11.6 Å². The first-order chi connectivity index (χ1) is 19.3. The molecule has 1 aliphatic heterocycles. The standard InChI is InChI=1S/C33H24INO5/c1-16-14-26(36)25-15-24-21(12-13-23-28(24)33(40)35(32(23)39)19-9-7-18(34)8-10-19)27(29(25)30(16)37)22-11-6-17-4-2-3-5-20(17)31(22)38/h2-12,14,23-24,27-28,38H,13,15H2,1H3/t23-,24+,27+,28-/m0/s1. The molecule has 7 heteroatoms. The molecule has 1 fully saturated rings. The van der Waals surface area contributed by atoms with Crippen LogP contribution >= 0.6 is 22.6 Å². The number of anilines is 1. The number of carbonyl (C=O) groups is 4. The fourth-order valence-electron chi connectivity index (χ4n) is 7.07. The molecule has 3 aliphatic carbocycles. The van der Waals surface area contributed by atoms with Gasteiger partial charge >= 0.3 is 0 Å². The van der Waals surface area contributed by atoms with E-state index < -0.39 is 23.7 Å². The van der Waals surface area contributed by atoms with Crippen molar-refractivity contribution in [3.05, 3.63) is 104 Å². The van der Waals surface area contributed by atoms with Crippen molar-refractivity contribution < 1.29 is 24.3 Å². The highest BCUT2D eigenvalue weighted by Crippen LogP contribution is 2.56. The minimum absolute atomic E-state index is 0.0559. The predicted octanol–water partition coefficient (Wildman–Crippen LogP) is 5.78. The summed E-state index contributed by atoms with van der Waals surface area (Å²) < 4.78 is 0.996. The van der Waals surface area contributed by atoms with Crippen molar-refractivity contribution >= 4 is 62.4 Å². The van der Waals surface area contributed by atoms with E-state index in [1.54, 1.807) is 19.1 Å². The maximum atomic E-state index is 14.0. The predicted molar refractivity (Wildman–Crippen MR) is 159 cm³/mol. The van der Waals surface area contributed by atoms with Crippen LogP contribution in [0.3, 0.4) is 0 Å². The van der Waals surface area contributed by atoms with Crippen LogP contribution in [0.5, 0.6) is 5.75 Å². The summed E-state index contributed by atoms with van der Waals surface area (Å²) >= 11 is 2.18. The van der Waals surface area contributed by atoms with Crippen molar-refractivity contribution in [1.29, 1.82) is 0 Å². The summed E-state index contributed by atoms with van der Waals surface area (Å²) in [5, 5.41) is 13.0. The van der Waals surface area contributed by atoms with Crippen LogP contribution in [0.1, 0.15) is 31.2 Å². The number of imide groups is 1. The number of aromatic hydroxyl groups is 1. The number of fused-ring (bicyclic) bond motifs is 4. The van der Waals surface area contributed by atoms with Crippen molar-refractivity contribution in [1.82, 2.24) is 0 Å². The van der Waals surface area contributed by atoms with E-state index in [0.717, 1.165) is 14.5 Å². The molecule has 7 rings (SSSR count). The molecule has 0 saturated carbocycles. The second-order valence-electron chi connectivity index (χ2n) is 10.9. The molecule has 4 aliphatic rings. The Hall–Kier alpha value is -3.85. The van der Waals surface area contributed by atoms with Gasteiger partial charge in [0.25, 0.3) is 0 Å². The molecular weight excluding hydrogens is 617 g/mol. The Labute approximate surface area is 244 Å². The Balaban J connectivity index is 1.40. The normalized spacial score (nSPS) is 26.0. The van der Waals surface area contributed by atoms with Gasteiger partial charge in [-0.05, 0) is 84.0 Å². The first-order valence-electron chi connectivity index (χ1n) is 13.3. The third kappa shape index (κ3) is 3.53. The van der Waals surface area contributed by atoms with Gasteiger partial charge in [-0.15, -0.1) is 0 Å². The molecule has 3 aromatic rings. The zero-order valence-corrected chi connectivity index (χ0v) is 23.7. The highest BCUT2D eigenvalue weighted by molar-refractivity contribution is 14.1. The molecule has 0 spiro atoms. The molecule has 1 saturated heterocycles. The van der Waals surface area contributed by atoms with Crippen LogP contribution in [-0.4, -0.2) is 28.5 Å². The van der Waals surface area contributed by atoms with Crippen molar-refractivity contribution in [2.75, 3.05) is 4.90 Å². The minimum Gasteiger partial charge on any atom is -0.507 e. The third-order valence-electron chi connectivity index (χ3n) is 8.89. The van der Waals surface area contributed by atoms with Crippen LogP contribution in [0.2, 0.25) is 0 Å². The Morgan fingerprint density at radius 3 is 2.42 bits per heavy atom. The molecule has 3 aromatic carbocycles. The van der Waals surface area contributed by atoms with Crippen LogP contribution in [0.4, 0.5) is 5.69 Å². The molecule has 40 heavy (non-hydrogen) atoms. The molecule has 198 valence electrons. The van der Waals surface area contributed by atoms with Gasteiger partial charge in [-0.1, -0.05) is 48.0 Å². The number of allylic oxidation sites excluding steroid dienone is 6. The molecule has 1 heterocycles. The minimum atomic E-state index is -0.685. The lowest BCUT2D eigenvalue weighted by atomic mass is 9.59. The number of carbonyl (C=O) groups excluding carboxylic acids is 4. The zero-order valence-electron chi connectivity index (χ0n) is 21.6. The molecule has 0 unspecified atom stereocenters. The highest BCUT2D eigenvalue weighted by atomic mass is 127. The van der Waals surface area contributed by atoms with Gasteiger partial charge in [0.1, 0.15) is 5.75 Å². The van der Waals surface area contributed by atoms with Gasteiger partial charge in [-0.3, -0.25) is 24.1 Å². The SMILES string of the molecule is CC1=CC(=O)C2=C(C1=O)[C@@H](c1ccc3ccccc3c1O)C1=CC[C@@H]3C(=O)N(c4ccc(I)cc4)C(=O)[C@@H]3[C@@H]1C2. The first kappa shape index (κ1) is 25.1. The van der Waals surface area contributed by atoms with E-state index in [2.05, 4.69) is 22.6 Å². The van der Waals surface area contributed by atoms with E-state index in [9.17, 15) is 24.3 Å². The highest BCUT2D eigenvalue weighted by Gasteiger charge is 2.56.